The maximum absolute atomic E-state index is 4.52. The molecule has 0 amide bonds. The molecule has 2 aromatic rings. The van der Waals surface area contributed by atoms with E-state index in [9.17, 15) is 0 Å². The highest BCUT2D eigenvalue weighted by molar-refractivity contribution is 5.98. The number of allylic oxidation sites excluding steroid dienone is 6. The lowest BCUT2D eigenvalue weighted by Crippen LogP contribution is -2.27. The normalized spacial score (nSPS) is 15.7. The van der Waals surface area contributed by atoms with Gasteiger partial charge in [0.05, 0.1) is 0 Å². The van der Waals surface area contributed by atoms with Crippen LogP contribution in [0.15, 0.2) is 111 Å². The molecule has 4 heterocycles. The van der Waals surface area contributed by atoms with E-state index in [-0.39, 0.29) is 0 Å². The molecule has 0 N–H and O–H groups in total. The predicted octanol–water partition coefficient (Wildman–Crippen LogP) is 3.69. The van der Waals surface area contributed by atoms with Gasteiger partial charge in [0.1, 0.15) is 0 Å². The van der Waals surface area contributed by atoms with E-state index in [4.69, 9.17) is 0 Å². The Bertz CT molecular complexity index is 1300. The van der Waals surface area contributed by atoms with Crippen LogP contribution in [0, 0.1) is 0 Å². The van der Waals surface area contributed by atoms with Crippen molar-refractivity contribution >= 4 is 36.6 Å². The zero-order chi connectivity index (χ0) is 21.1. The Labute approximate surface area is 180 Å². The summed E-state index contributed by atoms with van der Waals surface area (Å²) < 4.78 is 0. The van der Waals surface area contributed by atoms with Crippen LogP contribution in [-0.2, 0) is 0 Å². The number of hydrogen-bond acceptors (Lipinski definition) is 6. The Morgan fingerprint density at radius 3 is 2.74 bits per heavy atom. The van der Waals surface area contributed by atoms with Crippen molar-refractivity contribution in [3.8, 4) is 0 Å². The first-order valence-corrected chi connectivity index (χ1v) is 9.84. The van der Waals surface area contributed by atoms with Crippen molar-refractivity contribution < 1.29 is 0 Å². The minimum Gasteiger partial charge on any atom is -0.265 e. The van der Waals surface area contributed by atoms with Gasteiger partial charge < -0.3 is 0 Å². The number of nitrogens with zero attached hydrogens (tertiary/aromatic N) is 6. The molecule has 0 saturated carbocycles. The zero-order valence-electron chi connectivity index (χ0n) is 16.8. The van der Waals surface area contributed by atoms with E-state index in [1.54, 1.807) is 31.0 Å². The summed E-state index contributed by atoms with van der Waals surface area (Å²) in [4.78, 5) is 26.3. The molecule has 2 aromatic heterocycles. The molecular formula is C25H20N6. The highest BCUT2D eigenvalue weighted by Gasteiger charge is 2.08. The van der Waals surface area contributed by atoms with Crippen LogP contribution in [0.3, 0.4) is 0 Å². The van der Waals surface area contributed by atoms with Gasteiger partial charge in [0.2, 0.25) is 0 Å². The number of aliphatic imine (C=N–C) groups is 3. The topological polar surface area (TPSA) is 75.2 Å². The summed E-state index contributed by atoms with van der Waals surface area (Å²) in [6.45, 7) is 0. The van der Waals surface area contributed by atoms with Crippen LogP contribution in [0.1, 0.15) is 12.0 Å². The third-order valence-corrected chi connectivity index (χ3v) is 4.34. The first-order valence-electron chi connectivity index (χ1n) is 9.84. The van der Waals surface area contributed by atoms with Crippen LogP contribution >= 0.6 is 0 Å². The van der Waals surface area contributed by atoms with Gasteiger partial charge in [0.25, 0.3) is 0 Å². The molecule has 2 aliphatic heterocycles. The summed E-state index contributed by atoms with van der Waals surface area (Å²) in [5.41, 5.74) is 3.50. The van der Waals surface area contributed by atoms with E-state index in [1.807, 2.05) is 79.4 Å². The Morgan fingerprint density at radius 2 is 1.74 bits per heavy atom. The fourth-order valence-electron chi connectivity index (χ4n) is 2.88. The summed E-state index contributed by atoms with van der Waals surface area (Å²) >= 11 is 0. The molecule has 0 bridgehead atoms. The summed E-state index contributed by atoms with van der Waals surface area (Å²) in [5, 5.41) is 0.907. The number of aromatic nitrogens is 2. The lowest BCUT2D eigenvalue weighted by Gasteiger charge is -2.02. The van der Waals surface area contributed by atoms with Gasteiger partial charge in [0, 0.05) is 78.0 Å². The summed E-state index contributed by atoms with van der Waals surface area (Å²) in [7, 11) is 0. The largest absolute Gasteiger partial charge is 0.265 e. The fraction of sp³-hybridized carbons (Fsp3) is 0.0400. The minimum absolute atomic E-state index is 0.636. The van der Waals surface area contributed by atoms with Crippen molar-refractivity contribution in [2.24, 2.45) is 20.0 Å². The number of fused-ring (bicyclic) bond motifs is 3. The molecule has 4 rings (SSSR count). The fourth-order valence-corrected chi connectivity index (χ4v) is 2.88. The third kappa shape index (κ3) is 5.61. The monoisotopic (exact) mass is 404 g/mol. The second-order valence-corrected chi connectivity index (χ2v) is 6.52. The van der Waals surface area contributed by atoms with E-state index in [0.29, 0.717) is 17.7 Å². The molecule has 6 nitrogen and oxygen atoms in total. The third-order valence-electron chi connectivity index (χ3n) is 4.34. The lowest BCUT2D eigenvalue weighted by atomic mass is 10.1. The Morgan fingerprint density at radius 1 is 0.806 bits per heavy atom. The molecular weight excluding hydrogens is 384 g/mol. The van der Waals surface area contributed by atoms with Gasteiger partial charge in [-0.2, -0.15) is 0 Å². The van der Waals surface area contributed by atoms with Gasteiger partial charge in [-0.3, -0.25) is 9.98 Å². The van der Waals surface area contributed by atoms with Crippen LogP contribution in [0.2, 0.25) is 0 Å². The van der Waals surface area contributed by atoms with Gasteiger partial charge in [-0.05, 0) is 48.6 Å². The summed E-state index contributed by atoms with van der Waals surface area (Å²) in [5.74, 6) is 0.658. The maximum atomic E-state index is 4.52. The molecule has 31 heavy (non-hydrogen) atoms. The van der Waals surface area contributed by atoms with E-state index >= 15 is 0 Å². The van der Waals surface area contributed by atoms with E-state index in [0.717, 1.165) is 21.9 Å². The molecule has 0 aliphatic carbocycles. The quantitative estimate of drug-likeness (QED) is 0.672. The Balaban J connectivity index is 1.81. The van der Waals surface area contributed by atoms with Crippen molar-refractivity contribution in [1.29, 1.82) is 0 Å². The Hall–Kier alpha value is -4.32. The van der Waals surface area contributed by atoms with Crippen LogP contribution in [0.5, 0.6) is 0 Å². The van der Waals surface area contributed by atoms with Crippen LogP contribution in [0.4, 0.5) is 5.82 Å². The number of hydrogen-bond donors (Lipinski definition) is 0. The smallest absolute Gasteiger partial charge is 0.159 e. The SMILES string of the molecule is C1=CC=NC=CCC=Nc2ncccc2C=C2C=NC=C2C=c2cccnc2=NC=C1. The average molecular weight is 404 g/mol. The van der Waals surface area contributed by atoms with Gasteiger partial charge >= 0.3 is 0 Å². The summed E-state index contributed by atoms with van der Waals surface area (Å²) in [6, 6.07) is 7.77. The second kappa shape index (κ2) is 10.5. The first-order chi connectivity index (χ1) is 15.4. The van der Waals surface area contributed by atoms with Crippen molar-refractivity contribution in [2.45, 2.75) is 6.42 Å². The Kier molecular flexibility index (Phi) is 6.74. The van der Waals surface area contributed by atoms with E-state index in [1.165, 1.54) is 0 Å². The van der Waals surface area contributed by atoms with Crippen molar-refractivity contribution in [3.05, 3.63) is 107 Å². The van der Waals surface area contributed by atoms with Gasteiger partial charge in [0.15, 0.2) is 11.3 Å². The maximum Gasteiger partial charge on any atom is 0.159 e. The highest BCUT2D eigenvalue weighted by Crippen LogP contribution is 2.23. The van der Waals surface area contributed by atoms with Crippen molar-refractivity contribution in [1.82, 2.24) is 9.97 Å². The summed E-state index contributed by atoms with van der Waals surface area (Å²) in [6.07, 6.45) is 26.3. The van der Waals surface area contributed by atoms with Crippen LogP contribution < -0.4 is 10.7 Å². The molecule has 0 saturated heterocycles. The predicted molar refractivity (Wildman–Crippen MR) is 127 cm³/mol. The second-order valence-electron chi connectivity index (χ2n) is 6.52. The molecule has 0 unspecified atom stereocenters. The minimum atomic E-state index is 0.636. The molecule has 0 spiro atoms. The van der Waals surface area contributed by atoms with E-state index in [2.05, 4.69) is 29.9 Å². The standard InChI is InChI=1S/C25H20N6/c1-2-10-26-11-4-5-13-29-25-21(9-7-15-31-25)17-23-19-27-18-22(23)16-20-8-6-14-30-24(20)28-12-3-1/h1-4,6-19H,5H2. The van der Waals surface area contributed by atoms with Crippen molar-refractivity contribution in [2.75, 3.05) is 0 Å². The molecule has 6 heteroatoms. The average Bonchev–Trinajstić information content (AvgIpc) is 3.22. The number of rotatable bonds is 0. The van der Waals surface area contributed by atoms with Crippen LogP contribution in [0.25, 0.3) is 12.2 Å². The van der Waals surface area contributed by atoms with Gasteiger partial charge in [-0.1, -0.05) is 12.2 Å². The van der Waals surface area contributed by atoms with Crippen molar-refractivity contribution in [3.63, 3.8) is 0 Å². The molecule has 0 fully saturated rings. The van der Waals surface area contributed by atoms with Gasteiger partial charge in [-0.15, -0.1) is 0 Å². The van der Waals surface area contributed by atoms with Gasteiger partial charge in [-0.25, -0.2) is 20.0 Å². The van der Waals surface area contributed by atoms with Crippen LogP contribution in [-0.4, -0.2) is 28.6 Å². The highest BCUT2D eigenvalue weighted by atomic mass is 14.9. The zero-order valence-corrected chi connectivity index (χ0v) is 16.8. The molecule has 150 valence electrons. The van der Waals surface area contributed by atoms with E-state index < -0.39 is 0 Å². The number of pyridine rings is 2. The molecule has 0 radical (unpaired) electrons. The molecule has 2 aliphatic rings. The molecule has 0 aromatic carbocycles. The molecule has 0 atom stereocenters. The first kappa shape index (κ1) is 20.0. The lowest BCUT2D eigenvalue weighted by molar-refractivity contribution is 1.12.